The summed E-state index contributed by atoms with van der Waals surface area (Å²) in [7, 11) is 3.36. The summed E-state index contributed by atoms with van der Waals surface area (Å²) >= 11 is 2.03. The molecule has 0 N–H and O–H groups in total. The van der Waals surface area contributed by atoms with Gasteiger partial charge in [0.15, 0.2) is 0 Å². The van der Waals surface area contributed by atoms with Crippen LogP contribution in [0.2, 0.25) is 0 Å². The van der Waals surface area contributed by atoms with E-state index in [1.807, 2.05) is 58.8 Å². The third-order valence-corrected chi connectivity index (χ3v) is 6.87. The van der Waals surface area contributed by atoms with Gasteiger partial charge in [-0.25, -0.2) is 0 Å². The van der Waals surface area contributed by atoms with Crippen molar-refractivity contribution >= 4 is 40.0 Å². The summed E-state index contributed by atoms with van der Waals surface area (Å²) in [4.78, 5) is 13.0. The number of anilines is 1. The zero-order valence-electron chi connectivity index (χ0n) is 16.3. The van der Waals surface area contributed by atoms with Crippen molar-refractivity contribution in [2.24, 2.45) is 0 Å². The van der Waals surface area contributed by atoms with Gasteiger partial charge >= 0.3 is 5.69 Å². The molecule has 0 radical (unpaired) electrons. The molecule has 0 fully saturated rings. The minimum Gasteiger partial charge on any atom is -0.489 e. The second-order valence-corrected chi connectivity index (χ2v) is 8.66. The number of halogens is 1. The molecule has 2 aromatic carbocycles. The average molecular weight is 503 g/mol. The van der Waals surface area contributed by atoms with E-state index in [1.54, 1.807) is 6.07 Å². The zero-order valence-corrected chi connectivity index (χ0v) is 18.5. The number of nitro groups is 1. The molecule has 8 heteroatoms. The van der Waals surface area contributed by atoms with E-state index in [0.29, 0.717) is 20.4 Å². The molecule has 0 aromatic heterocycles. The Balaban J connectivity index is 1.91. The molecule has 7 nitrogen and oxygen atoms in total. The molecular weight excluding hydrogens is 485 g/mol. The van der Waals surface area contributed by atoms with E-state index in [2.05, 4.69) is 19.9 Å². The van der Waals surface area contributed by atoms with Crippen molar-refractivity contribution in [3.8, 4) is 17.6 Å². The van der Waals surface area contributed by atoms with Gasteiger partial charge < -0.3 is 14.4 Å². The van der Waals surface area contributed by atoms with Crippen LogP contribution in [-0.4, -0.2) is 24.8 Å². The van der Waals surface area contributed by atoms with Crippen LogP contribution in [0.3, 0.4) is 0 Å². The molecule has 4 rings (SSSR count). The highest BCUT2D eigenvalue weighted by Crippen LogP contribution is 2.56. The molecule has 2 aliphatic heterocycles. The third kappa shape index (κ3) is 2.46. The lowest BCUT2D eigenvalue weighted by Crippen LogP contribution is -2.58. The van der Waals surface area contributed by atoms with Crippen molar-refractivity contribution in [3.05, 3.63) is 60.7 Å². The predicted octanol–water partition coefficient (Wildman–Crippen LogP) is 4.61. The molecule has 0 saturated carbocycles. The highest BCUT2D eigenvalue weighted by molar-refractivity contribution is 14.1. The van der Waals surface area contributed by atoms with Gasteiger partial charge in [0.25, 0.3) is 0 Å². The van der Waals surface area contributed by atoms with Gasteiger partial charge in [-0.15, -0.1) is 0 Å². The minimum atomic E-state index is -0.850. The van der Waals surface area contributed by atoms with Crippen molar-refractivity contribution in [1.29, 1.82) is 5.26 Å². The monoisotopic (exact) mass is 503 g/mol. The number of likely N-dealkylation sites (N-methyl/N-ethyl adjacent to an activating group) is 1. The Labute approximate surface area is 181 Å². The normalized spacial score (nSPS) is 20.6. The zero-order chi connectivity index (χ0) is 21.1. The Kier molecular flexibility index (Phi) is 4.27. The smallest absolute Gasteiger partial charge is 0.312 e. The number of nitro benzene ring substituents is 1. The summed E-state index contributed by atoms with van der Waals surface area (Å²) in [6.45, 7) is 4.14. The molecule has 0 bridgehead atoms. The highest BCUT2D eigenvalue weighted by atomic mass is 127. The molecule has 1 unspecified atom stereocenters. The van der Waals surface area contributed by atoms with Gasteiger partial charge in [0, 0.05) is 24.4 Å². The lowest BCUT2D eigenvalue weighted by atomic mass is 9.76. The summed E-state index contributed by atoms with van der Waals surface area (Å²) in [6, 6.07) is 9.29. The number of rotatable bonds is 2. The number of nitriles is 1. The summed E-state index contributed by atoms with van der Waals surface area (Å²) < 4.78 is 12.5. The lowest BCUT2D eigenvalue weighted by molar-refractivity contribution is -0.385. The molecule has 148 valence electrons. The van der Waals surface area contributed by atoms with Crippen LogP contribution in [0.1, 0.15) is 30.5 Å². The van der Waals surface area contributed by atoms with E-state index < -0.39 is 16.1 Å². The number of nitrogens with zero attached hydrogens (tertiary/aromatic N) is 3. The Bertz CT molecular complexity index is 1140. The molecule has 1 spiro atoms. The molecule has 2 aromatic rings. The first-order valence-electron chi connectivity index (χ1n) is 8.89. The maximum Gasteiger partial charge on any atom is 0.312 e. The third-order valence-electron chi connectivity index (χ3n) is 5.89. The largest absolute Gasteiger partial charge is 0.489 e. The summed E-state index contributed by atoms with van der Waals surface area (Å²) in [5.74, 6) is 0.728. The van der Waals surface area contributed by atoms with Crippen LogP contribution in [0.5, 0.6) is 11.5 Å². The van der Waals surface area contributed by atoms with Gasteiger partial charge in [-0.3, -0.25) is 10.1 Å². The fourth-order valence-corrected chi connectivity index (χ4v) is 5.19. The molecule has 0 amide bonds. The average Bonchev–Trinajstić information content (AvgIpc) is 2.86. The molecule has 0 saturated heterocycles. The Morgan fingerprint density at radius 2 is 2.07 bits per heavy atom. The van der Waals surface area contributed by atoms with Gasteiger partial charge in [-0.2, -0.15) is 5.26 Å². The Morgan fingerprint density at radius 3 is 2.69 bits per heavy atom. The van der Waals surface area contributed by atoms with E-state index in [9.17, 15) is 15.4 Å². The van der Waals surface area contributed by atoms with Crippen LogP contribution in [0, 0.1) is 25.0 Å². The fraction of sp³-hybridized carbons (Fsp3) is 0.286. The van der Waals surface area contributed by atoms with Crippen LogP contribution in [0.25, 0.3) is 6.08 Å². The first kappa shape index (κ1) is 19.5. The number of benzene rings is 2. The second kappa shape index (κ2) is 6.35. The first-order valence-corrected chi connectivity index (χ1v) is 9.97. The molecule has 29 heavy (non-hydrogen) atoms. The van der Waals surface area contributed by atoms with Crippen LogP contribution in [-0.2, 0) is 5.41 Å². The van der Waals surface area contributed by atoms with Crippen LogP contribution in [0.15, 0.2) is 30.3 Å². The van der Waals surface area contributed by atoms with Gasteiger partial charge in [-0.05, 0) is 72.4 Å². The van der Waals surface area contributed by atoms with Crippen LogP contribution in [0.4, 0.5) is 11.4 Å². The van der Waals surface area contributed by atoms with Crippen molar-refractivity contribution < 1.29 is 14.4 Å². The molecule has 2 heterocycles. The van der Waals surface area contributed by atoms with Crippen molar-refractivity contribution in [1.82, 2.24) is 0 Å². The van der Waals surface area contributed by atoms with Gasteiger partial charge in [0.1, 0.15) is 9.32 Å². The maximum atomic E-state index is 11.5. The van der Waals surface area contributed by atoms with E-state index in [-0.39, 0.29) is 11.4 Å². The summed E-state index contributed by atoms with van der Waals surface area (Å²) in [5, 5.41) is 20.8. The van der Waals surface area contributed by atoms with Crippen molar-refractivity contribution in [2.75, 3.05) is 19.1 Å². The predicted molar refractivity (Wildman–Crippen MR) is 117 cm³/mol. The van der Waals surface area contributed by atoms with Crippen LogP contribution >= 0.6 is 22.6 Å². The number of ether oxygens (including phenoxy) is 2. The lowest BCUT2D eigenvalue weighted by Gasteiger charge is -2.46. The summed E-state index contributed by atoms with van der Waals surface area (Å²) in [6.07, 6.45) is 3.80. The topological polar surface area (TPSA) is 88.6 Å². The minimum absolute atomic E-state index is 0.0964. The molecular formula is C21H18IN3O4. The number of hydrogen-bond acceptors (Lipinski definition) is 6. The van der Waals surface area contributed by atoms with E-state index >= 15 is 0 Å². The molecule has 1 atom stereocenters. The number of hydrogen-bond donors (Lipinski definition) is 0. The van der Waals surface area contributed by atoms with E-state index in [1.165, 1.54) is 13.2 Å². The van der Waals surface area contributed by atoms with Crippen molar-refractivity contribution in [2.45, 2.75) is 25.0 Å². The van der Waals surface area contributed by atoms with Gasteiger partial charge in [0.05, 0.1) is 29.1 Å². The highest BCUT2D eigenvalue weighted by Gasteiger charge is 2.58. The SMILES string of the molecule is COc1c([N+](=O)[O-])cc2c(c1I)OC1(C=C2)N(C)c2ccc(C#N)cc2C1(C)C. The Hall–Kier alpha value is -2.80. The maximum absolute atomic E-state index is 11.5. The first-order chi connectivity index (χ1) is 13.7. The number of fused-ring (bicyclic) bond motifs is 2. The molecule has 2 aliphatic rings. The summed E-state index contributed by atoms with van der Waals surface area (Å²) in [5.41, 5.74) is 1.77. The van der Waals surface area contributed by atoms with E-state index in [0.717, 1.165) is 11.3 Å². The number of methoxy groups -OCH3 is 1. The molecule has 0 aliphatic carbocycles. The standard InChI is InChI=1S/C21H18IN3O4/c1-20(2)14-9-12(11-23)5-6-15(14)24(3)21(20)8-7-13-10-16(25(26)27)19(28-4)17(22)18(13)29-21/h5-10H,1-4H3. The quantitative estimate of drug-likeness (QED) is 0.338. The van der Waals surface area contributed by atoms with Crippen LogP contribution < -0.4 is 14.4 Å². The Morgan fingerprint density at radius 1 is 1.34 bits per heavy atom. The van der Waals surface area contributed by atoms with Gasteiger partial charge in [0.2, 0.25) is 11.5 Å². The van der Waals surface area contributed by atoms with Crippen molar-refractivity contribution in [3.63, 3.8) is 0 Å². The second-order valence-electron chi connectivity index (χ2n) is 7.58. The van der Waals surface area contributed by atoms with Gasteiger partial charge in [-0.1, -0.05) is 0 Å². The fourth-order valence-electron chi connectivity index (χ4n) is 4.28. The van der Waals surface area contributed by atoms with E-state index in [4.69, 9.17) is 9.47 Å².